The van der Waals surface area contributed by atoms with Crippen molar-refractivity contribution in [3.63, 3.8) is 0 Å². The van der Waals surface area contributed by atoms with Crippen LogP contribution in [0.2, 0.25) is 0 Å². The van der Waals surface area contributed by atoms with Gasteiger partial charge in [0, 0.05) is 17.0 Å². The minimum absolute atomic E-state index is 1.25. The summed E-state index contributed by atoms with van der Waals surface area (Å²) in [6.07, 6.45) is 2.28. The van der Waals surface area contributed by atoms with E-state index in [2.05, 4.69) is 104 Å². The summed E-state index contributed by atoms with van der Waals surface area (Å²) in [7, 11) is 2.14. The lowest BCUT2D eigenvalue weighted by molar-refractivity contribution is -0.659. The van der Waals surface area contributed by atoms with Gasteiger partial charge in [-0.05, 0) is 40.1 Å². The first-order valence-electron chi connectivity index (χ1n) is 9.03. The van der Waals surface area contributed by atoms with Crippen molar-refractivity contribution in [1.82, 2.24) is 0 Å². The van der Waals surface area contributed by atoms with Crippen LogP contribution in [0.15, 0.2) is 85.1 Å². The number of fused-ring (bicyclic) bond motifs is 6. The zero-order valence-electron chi connectivity index (χ0n) is 15.0. The van der Waals surface area contributed by atoms with Crippen molar-refractivity contribution in [2.75, 3.05) is 0 Å². The molecule has 0 amide bonds. The average molecular weight is 334 g/mol. The van der Waals surface area contributed by atoms with E-state index in [1.807, 2.05) is 0 Å². The number of rotatable bonds is 1. The molecule has 0 aliphatic rings. The molecule has 1 aromatic heterocycles. The van der Waals surface area contributed by atoms with Gasteiger partial charge < -0.3 is 0 Å². The van der Waals surface area contributed by atoms with Crippen molar-refractivity contribution >= 4 is 32.3 Å². The Morgan fingerprint density at radius 2 is 1.08 bits per heavy atom. The van der Waals surface area contributed by atoms with E-state index in [4.69, 9.17) is 0 Å². The van der Waals surface area contributed by atoms with Gasteiger partial charge in [-0.15, -0.1) is 0 Å². The molecule has 0 spiro atoms. The molecule has 0 aliphatic heterocycles. The van der Waals surface area contributed by atoms with Gasteiger partial charge in [0.15, 0.2) is 6.20 Å². The minimum atomic E-state index is 1.25. The molecule has 5 aromatic rings. The van der Waals surface area contributed by atoms with E-state index in [0.717, 1.165) is 0 Å². The standard InChI is InChI=1S/C25H20N/c1-17-9-3-4-10-18(17)25-15-23-21-13-7-5-11-19(21)20-12-6-8-14-22(20)24(23)16-26(25)2/h3-16H,1-2H3/q+1. The van der Waals surface area contributed by atoms with Gasteiger partial charge in [0.2, 0.25) is 5.69 Å². The summed E-state index contributed by atoms with van der Waals surface area (Å²) < 4.78 is 2.26. The van der Waals surface area contributed by atoms with E-state index in [1.165, 1.54) is 49.1 Å². The third kappa shape index (κ3) is 2.14. The summed E-state index contributed by atoms with van der Waals surface area (Å²) in [5.74, 6) is 0. The quantitative estimate of drug-likeness (QED) is 0.263. The van der Waals surface area contributed by atoms with Crippen LogP contribution in [-0.2, 0) is 7.05 Å². The number of hydrogen-bond donors (Lipinski definition) is 0. The maximum atomic E-state index is 2.35. The van der Waals surface area contributed by atoms with Crippen LogP contribution >= 0.6 is 0 Å². The predicted octanol–water partition coefficient (Wildman–Crippen LogP) is 5.95. The van der Waals surface area contributed by atoms with Gasteiger partial charge >= 0.3 is 0 Å². The van der Waals surface area contributed by atoms with E-state index in [1.54, 1.807) is 0 Å². The Hall–Kier alpha value is -3.19. The van der Waals surface area contributed by atoms with Crippen LogP contribution in [0.3, 0.4) is 0 Å². The number of hydrogen-bond acceptors (Lipinski definition) is 0. The Morgan fingerprint density at radius 3 is 1.69 bits per heavy atom. The molecule has 0 N–H and O–H groups in total. The Balaban J connectivity index is 2.00. The highest BCUT2D eigenvalue weighted by Crippen LogP contribution is 2.35. The normalized spacial score (nSPS) is 11.5. The summed E-state index contributed by atoms with van der Waals surface area (Å²) in [5, 5.41) is 7.89. The van der Waals surface area contributed by atoms with Crippen LogP contribution < -0.4 is 4.57 Å². The lowest BCUT2D eigenvalue weighted by Crippen LogP contribution is -2.30. The fourth-order valence-corrected chi connectivity index (χ4v) is 4.12. The van der Waals surface area contributed by atoms with Crippen LogP contribution in [-0.4, -0.2) is 0 Å². The second-order valence-corrected chi connectivity index (χ2v) is 7.00. The molecule has 1 nitrogen and oxygen atoms in total. The summed E-state index contributed by atoms with van der Waals surface area (Å²) in [6, 6.07) is 28.4. The lowest BCUT2D eigenvalue weighted by Gasteiger charge is -2.11. The molecule has 0 aliphatic carbocycles. The van der Waals surface area contributed by atoms with Crippen molar-refractivity contribution < 1.29 is 4.57 Å². The molecule has 0 saturated heterocycles. The number of benzene rings is 4. The predicted molar refractivity (Wildman–Crippen MR) is 110 cm³/mol. The molecule has 0 saturated carbocycles. The van der Waals surface area contributed by atoms with Gasteiger partial charge in [-0.25, -0.2) is 4.57 Å². The SMILES string of the molecule is Cc1ccccc1-c1cc2c3ccccc3c3ccccc3c2c[n+]1C. The van der Waals surface area contributed by atoms with E-state index >= 15 is 0 Å². The number of aryl methyl sites for hydroxylation is 2. The Bertz CT molecular complexity index is 1300. The minimum Gasteiger partial charge on any atom is -0.200 e. The fourth-order valence-electron chi connectivity index (χ4n) is 4.12. The smallest absolute Gasteiger partial charge is 0.200 e. The molecule has 0 atom stereocenters. The number of aromatic nitrogens is 1. The molecule has 0 fully saturated rings. The first kappa shape index (κ1) is 15.1. The van der Waals surface area contributed by atoms with Crippen molar-refractivity contribution in [3.8, 4) is 11.3 Å². The van der Waals surface area contributed by atoms with Crippen molar-refractivity contribution in [1.29, 1.82) is 0 Å². The molecule has 0 radical (unpaired) electrons. The maximum absolute atomic E-state index is 2.35. The zero-order chi connectivity index (χ0) is 17.7. The topological polar surface area (TPSA) is 3.88 Å². The molecular weight excluding hydrogens is 314 g/mol. The van der Waals surface area contributed by atoms with Gasteiger partial charge in [0.25, 0.3) is 0 Å². The second-order valence-electron chi connectivity index (χ2n) is 7.00. The third-order valence-corrected chi connectivity index (χ3v) is 5.42. The van der Waals surface area contributed by atoms with Crippen molar-refractivity contribution in [2.45, 2.75) is 6.92 Å². The molecule has 1 heteroatoms. The van der Waals surface area contributed by atoms with Gasteiger partial charge in [-0.1, -0.05) is 66.7 Å². The summed E-state index contributed by atoms with van der Waals surface area (Å²) in [6.45, 7) is 2.18. The number of nitrogens with zero attached hydrogens (tertiary/aromatic N) is 1. The molecule has 0 bridgehead atoms. The summed E-state index contributed by atoms with van der Waals surface area (Å²) >= 11 is 0. The summed E-state index contributed by atoms with van der Waals surface area (Å²) in [4.78, 5) is 0. The molecule has 124 valence electrons. The first-order valence-corrected chi connectivity index (χ1v) is 9.03. The highest BCUT2D eigenvalue weighted by Gasteiger charge is 2.17. The average Bonchev–Trinajstić information content (AvgIpc) is 2.68. The van der Waals surface area contributed by atoms with Gasteiger partial charge in [0.1, 0.15) is 7.05 Å². The lowest BCUT2D eigenvalue weighted by atomic mass is 9.94. The van der Waals surface area contributed by atoms with Crippen LogP contribution in [0.1, 0.15) is 5.56 Å². The monoisotopic (exact) mass is 334 g/mol. The van der Waals surface area contributed by atoms with Gasteiger partial charge in [-0.2, -0.15) is 0 Å². The highest BCUT2D eigenvalue weighted by molar-refractivity contribution is 6.25. The molecule has 5 rings (SSSR count). The van der Waals surface area contributed by atoms with Crippen molar-refractivity contribution in [2.24, 2.45) is 7.05 Å². The Labute approximate surface area is 153 Å². The van der Waals surface area contributed by atoms with Gasteiger partial charge in [-0.3, -0.25) is 0 Å². The molecule has 26 heavy (non-hydrogen) atoms. The molecule has 4 aromatic carbocycles. The highest BCUT2D eigenvalue weighted by atomic mass is 14.9. The van der Waals surface area contributed by atoms with Gasteiger partial charge in [0.05, 0.1) is 5.39 Å². The Morgan fingerprint density at radius 1 is 0.577 bits per heavy atom. The van der Waals surface area contributed by atoms with E-state index in [0.29, 0.717) is 0 Å². The molecular formula is C25H20N+. The van der Waals surface area contributed by atoms with E-state index in [9.17, 15) is 0 Å². The largest absolute Gasteiger partial charge is 0.213 e. The van der Waals surface area contributed by atoms with Crippen LogP contribution in [0.4, 0.5) is 0 Å². The van der Waals surface area contributed by atoms with E-state index in [-0.39, 0.29) is 0 Å². The van der Waals surface area contributed by atoms with E-state index < -0.39 is 0 Å². The van der Waals surface area contributed by atoms with Crippen LogP contribution in [0, 0.1) is 6.92 Å². The molecule has 0 unspecified atom stereocenters. The summed E-state index contributed by atoms with van der Waals surface area (Å²) in [5.41, 5.74) is 3.83. The van der Waals surface area contributed by atoms with Crippen LogP contribution in [0.5, 0.6) is 0 Å². The maximum Gasteiger partial charge on any atom is 0.213 e. The fraction of sp³-hybridized carbons (Fsp3) is 0.0800. The third-order valence-electron chi connectivity index (χ3n) is 5.42. The second kappa shape index (κ2) is 5.67. The zero-order valence-corrected chi connectivity index (χ0v) is 15.0. The van der Waals surface area contributed by atoms with Crippen molar-refractivity contribution in [3.05, 3.63) is 90.6 Å². The number of pyridine rings is 1. The molecule has 1 heterocycles. The van der Waals surface area contributed by atoms with Crippen LogP contribution in [0.25, 0.3) is 43.6 Å². The first-order chi connectivity index (χ1) is 12.7. The Kier molecular flexibility index (Phi) is 3.29.